The molecule has 1 N–H and O–H groups in total. The van der Waals surface area contributed by atoms with Crippen molar-refractivity contribution in [3.05, 3.63) is 47.1 Å². The average molecular weight is 359 g/mol. The van der Waals surface area contributed by atoms with Gasteiger partial charge in [-0.1, -0.05) is 11.6 Å². The Bertz CT molecular complexity index is 822. The Morgan fingerprint density at radius 1 is 1.32 bits per heavy atom. The highest BCUT2D eigenvalue weighted by Crippen LogP contribution is 2.30. The number of benzene rings is 1. The van der Waals surface area contributed by atoms with E-state index in [0.29, 0.717) is 35.1 Å². The molecule has 25 heavy (non-hydrogen) atoms. The van der Waals surface area contributed by atoms with E-state index in [1.54, 1.807) is 46.3 Å². The summed E-state index contributed by atoms with van der Waals surface area (Å²) in [5.41, 5.74) is 1.66. The number of anilines is 3. The lowest BCUT2D eigenvalue weighted by Gasteiger charge is -2.18. The Labute approximate surface area is 151 Å². The number of rotatable bonds is 4. The largest absolute Gasteiger partial charge is 0.362 e. The fourth-order valence-electron chi connectivity index (χ4n) is 2.82. The van der Waals surface area contributed by atoms with E-state index in [9.17, 15) is 9.59 Å². The fourth-order valence-corrected chi connectivity index (χ4v) is 2.98. The second-order valence-electron chi connectivity index (χ2n) is 6.04. The Balaban J connectivity index is 1.88. The van der Waals surface area contributed by atoms with Crippen LogP contribution in [0.15, 0.2) is 36.5 Å². The number of nitrogens with one attached hydrogen (secondary N) is 1. The molecule has 130 valence electrons. The Hall–Kier alpha value is -2.60. The van der Waals surface area contributed by atoms with Crippen molar-refractivity contribution in [2.24, 2.45) is 0 Å². The number of nitrogens with zero attached hydrogens (tertiary/aromatic N) is 3. The summed E-state index contributed by atoms with van der Waals surface area (Å²) >= 11 is 6.23. The third-order valence-electron chi connectivity index (χ3n) is 4.04. The highest BCUT2D eigenvalue weighted by molar-refractivity contribution is 6.34. The number of hydrogen-bond acceptors (Lipinski definition) is 4. The zero-order valence-corrected chi connectivity index (χ0v) is 14.9. The van der Waals surface area contributed by atoms with Gasteiger partial charge in [-0.3, -0.25) is 9.59 Å². The Kier molecular flexibility index (Phi) is 4.90. The minimum atomic E-state index is -0.302. The van der Waals surface area contributed by atoms with Crippen LogP contribution in [-0.4, -0.2) is 37.4 Å². The monoisotopic (exact) mass is 358 g/mol. The summed E-state index contributed by atoms with van der Waals surface area (Å²) in [5, 5.41) is 3.24. The van der Waals surface area contributed by atoms with Gasteiger partial charge in [0, 0.05) is 38.9 Å². The lowest BCUT2D eigenvalue weighted by molar-refractivity contribution is -0.117. The van der Waals surface area contributed by atoms with Crippen LogP contribution in [0.3, 0.4) is 0 Å². The first-order valence-corrected chi connectivity index (χ1v) is 8.39. The second-order valence-corrected chi connectivity index (χ2v) is 6.44. The summed E-state index contributed by atoms with van der Waals surface area (Å²) in [6, 6.07) is 8.63. The first kappa shape index (κ1) is 17.2. The van der Waals surface area contributed by atoms with Gasteiger partial charge in [-0.15, -0.1) is 0 Å². The first-order valence-electron chi connectivity index (χ1n) is 8.01. The number of pyridine rings is 1. The molecule has 1 aromatic carbocycles. The zero-order chi connectivity index (χ0) is 18.0. The molecule has 1 aromatic heterocycles. The molecule has 0 unspecified atom stereocenters. The third kappa shape index (κ3) is 3.58. The van der Waals surface area contributed by atoms with Gasteiger partial charge in [-0.25, -0.2) is 4.98 Å². The van der Waals surface area contributed by atoms with Crippen LogP contribution in [0.4, 0.5) is 17.2 Å². The van der Waals surface area contributed by atoms with Crippen LogP contribution in [0, 0.1) is 0 Å². The van der Waals surface area contributed by atoms with Gasteiger partial charge in [-0.05, 0) is 36.8 Å². The molecule has 2 heterocycles. The molecule has 1 aliphatic rings. The summed E-state index contributed by atoms with van der Waals surface area (Å²) < 4.78 is 0. The van der Waals surface area contributed by atoms with Gasteiger partial charge < -0.3 is 15.1 Å². The van der Waals surface area contributed by atoms with E-state index in [1.165, 1.54) is 0 Å². The molecular weight excluding hydrogens is 340 g/mol. The normalized spacial score (nSPS) is 13.9. The van der Waals surface area contributed by atoms with Crippen LogP contribution in [0.1, 0.15) is 23.2 Å². The first-order chi connectivity index (χ1) is 12.0. The molecule has 0 spiro atoms. The average Bonchev–Trinajstić information content (AvgIpc) is 3.02. The number of halogens is 1. The highest BCUT2D eigenvalue weighted by atomic mass is 35.5. The van der Waals surface area contributed by atoms with E-state index in [-0.39, 0.29) is 11.8 Å². The number of carbonyl (C=O) groups is 2. The van der Waals surface area contributed by atoms with Crippen LogP contribution in [0.25, 0.3) is 0 Å². The fraction of sp³-hybridized carbons (Fsp3) is 0.278. The van der Waals surface area contributed by atoms with Crippen molar-refractivity contribution in [1.29, 1.82) is 0 Å². The van der Waals surface area contributed by atoms with E-state index in [2.05, 4.69) is 10.3 Å². The summed E-state index contributed by atoms with van der Waals surface area (Å²) in [6.07, 6.45) is 3.02. The summed E-state index contributed by atoms with van der Waals surface area (Å²) in [7, 11) is 3.65. The van der Waals surface area contributed by atoms with E-state index in [0.717, 1.165) is 12.1 Å². The molecule has 0 saturated carbocycles. The molecule has 6 nitrogen and oxygen atoms in total. The van der Waals surface area contributed by atoms with Gasteiger partial charge in [-0.2, -0.15) is 0 Å². The molecular formula is C18H19ClN4O2. The predicted molar refractivity (Wildman–Crippen MR) is 99.6 cm³/mol. The van der Waals surface area contributed by atoms with Crippen molar-refractivity contribution in [2.45, 2.75) is 12.8 Å². The second kappa shape index (κ2) is 7.11. The van der Waals surface area contributed by atoms with Gasteiger partial charge in [0.1, 0.15) is 5.82 Å². The smallest absolute Gasteiger partial charge is 0.259 e. The van der Waals surface area contributed by atoms with E-state index in [4.69, 9.17) is 11.6 Å². The number of amides is 2. The molecule has 2 amide bonds. The lowest BCUT2D eigenvalue weighted by Crippen LogP contribution is -2.24. The predicted octanol–water partition coefficient (Wildman–Crippen LogP) is 3.18. The Morgan fingerprint density at radius 2 is 2.12 bits per heavy atom. The van der Waals surface area contributed by atoms with E-state index in [1.807, 2.05) is 14.1 Å². The van der Waals surface area contributed by atoms with Crippen LogP contribution in [0.2, 0.25) is 5.02 Å². The molecule has 1 aliphatic heterocycles. The van der Waals surface area contributed by atoms with Crippen molar-refractivity contribution in [2.75, 3.05) is 35.8 Å². The van der Waals surface area contributed by atoms with Gasteiger partial charge >= 0.3 is 0 Å². The summed E-state index contributed by atoms with van der Waals surface area (Å²) in [6.45, 7) is 0.682. The topological polar surface area (TPSA) is 65.5 Å². The minimum absolute atomic E-state index is 0.0850. The molecule has 7 heteroatoms. The minimum Gasteiger partial charge on any atom is -0.362 e. The molecule has 1 fully saturated rings. The van der Waals surface area contributed by atoms with Gasteiger partial charge in [0.05, 0.1) is 16.3 Å². The van der Waals surface area contributed by atoms with Crippen molar-refractivity contribution >= 4 is 40.6 Å². The van der Waals surface area contributed by atoms with Crippen LogP contribution >= 0.6 is 11.6 Å². The maximum Gasteiger partial charge on any atom is 0.259 e. The van der Waals surface area contributed by atoms with E-state index < -0.39 is 0 Å². The van der Waals surface area contributed by atoms with Crippen molar-refractivity contribution in [3.8, 4) is 0 Å². The quantitative estimate of drug-likeness (QED) is 0.911. The van der Waals surface area contributed by atoms with E-state index >= 15 is 0 Å². The van der Waals surface area contributed by atoms with Gasteiger partial charge in [0.15, 0.2) is 0 Å². The molecule has 1 saturated heterocycles. The van der Waals surface area contributed by atoms with Crippen molar-refractivity contribution in [1.82, 2.24) is 4.98 Å². The van der Waals surface area contributed by atoms with Crippen molar-refractivity contribution in [3.63, 3.8) is 0 Å². The maximum absolute atomic E-state index is 12.7. The zero-order valence-electron chi connectivity index (χ0n) is 14.1. The van der Waals surface area contributed by atoms with Crippen LogP contribution in [0.5, 0.6) is 0 Å². The van der Waals surface area contributed by atoms with Gasteiger partial charge in [0.25, 0.3) is 5.91 Å². The number of aromatic nitrogens is 1. The molecule has 0 aliphatic carbocycles. The number of carbonyl (C=O) groups excluding carboxylic acids is 2. The Morgan fingerprint density at radius 3 is 2.80 bits per heavy atom. The summed E-state index contributed by atoms with van der Waals surface area (Å²) in [5.74, 6) is 0.354. The van der Waals surface area contributed by atoms with Crippen LogP contribution < -0.4 is 15.1 Å². The summed E-state index contributed by atoms with van der Waals surface area (Å²) in [4.78, 5) is 32.3. The standard InChI is InChI=1S/C18H19ClN4O2/c1-22(2)17-13(5-3-9-20-17)18(25)21-15-11-12(7-8-14(15)19)23-10-4-6-16(23)24/h3,5,7-9,11H,4,6,10H2,1-2H3,(H,21,25). The maximum atomic E-state index is 12.7. The molecule has 0 atom stereocenters. The SMILES string of the molecule is CN(C)c1ncccc1C(=O)Nc1cc(N2CCCC2=O)ccc1Cl. The number of hydrogen-bond donors (Lipinski definition) is 1. The van der Waals surface area contributed by atoms with Crippen molar-refractivity contribution < 1.29 is 9.59 Å². The molecule has 3 rings (SSSR count). The van der Waals surface area contributed by atoms with Gasteiger partial charge in [0.2, 0.25) is 5.91 Å². The van der Waals surface area contributed by atoms with Crippen LogP contribution in [-0.2, 0) is 4.79 Å². The third-order valence-corrected chi connectivity index (χ3v) is 4.37. The lowest BCUT2D eigenvalue weighted by atomic mass is 10.2. The molecule has 2 aromatic rings. The molecule has 0 bridgehead atoms. The molecule has 0 radical (unpaired) electrons. The highest BCUT2D eigenvalue weighted by Gasteiger charge is 2.23.